The van der Waals surface area contributed by atoms with Gasteiger partial charge in [-0.1, -0.05) is 42.5 Å². The fourth-order valence-electron chi connectivity index (χ4n) is 6.57. The molecule has 0 bridgehead atoms. The number of ether oxygens (including phenoxy) is 2. The van der Waals surface area contributed by atoms with E-state index in [-0.39, 0.29) is 12.6 Å². The van der Waals surface area contributed by atoms with Gasteiger partial charge in [0.2, 0.25) is 12.2 Å². The second-order valence-electron chi connectivity index (χ2n) is 12.5. The first-order valence-electron chi connectivity index (χ1n) is 16.3. The predicted molar refractivity (Wildman–Crippen MR) is 178 cm³/mol. The van der Waals surface area contributed by atoms with E-state index in [1.54, 1.807) is 4.90 Å². The van der Waals surface area contributed by atoms with Crippen LogP contribution in [0.15, 0.2) is 47.8 Å². The summed E-state index contributed by atoms with van der Waals surface area (Å²) in [6, 6.07) is 14.2. The van der Waals surface area contributed by atoms with Crippen LogP contribution in [-0.2, 0) is 48.2 Å². The lowest BCUT2D eigenvalue weighted by atomic mass is 9.99. The number of carbonyl (C=O) groups excluding carboxylic acids is 4. The van der Waals surface area contributed by atoms with Gasteiger partial charge in [0.1, 0.15) is 5.01 Å². The number of aromatic nitrogens is 1. The van der Waals surface area contributed by atoms with Crippen molar-refractivity contribution in [1.82, 2.24) is 20.1 Å². The summed E-state index contributed by atoms with van der Waals surface area (Å²) >= 11 is 1.41. The quantitative estimate of drug-likeness (QED) is 0.276. The Balaban J connectivity index is 1.30. The van der Waals surface area contributed by atoms with Crippen molar-refractivity contribution in [3.05, 3.63) is 86.4 Å². The highest BCUT2D eigenvalue weighted by Gasteiger charge is 2.44. The number of esters is 2. The molecule has 3 aromatic rings. The van der Waals surface area contributed by atoms with Crippen LogP contribution in [0.3, 0.4) is 0 Å². The van der Waals surface area contributed by atoms with Crippen molar-refractivity contribution in [2.24, 2.45) is 0 Å². The molecule has 2 saturated heterocycles. The zero-order chi connectivity index (χ0) is 33.5. The van der Waals surface area contributed by atoms with Gasteiger partial charge in [0.25, 0.3) is 11.8 Å². The molecule has 250 valence electrons. The SMILES string of the molecule is CC(=O)O[C@@H](C(=O)NCc1nc(Cc2c(C)cccc2C)cs1)[C@@H](OC(C)=O)C(=O)N1CCCC1c1cccc(CN2CCCC2)c1. The molecular formula is C36H44N4O6S. The number of likely N-dealkylation sites (tertiary alicyclic amines) is 2. The fourth-order valence-corrected chi connectivity index (χ4v) is 7.31. The highest BCUT2D eigenvalue weighted by atomic mass is 32.1. The van der Waals surface area contributed by atoms with E-state index >= 15 is 0 Å². The fraction of sp³-hybridized carbons (Fsp3) is 0.472. The smallest absolute Gasteiger partial charge is 0.303 e. The molecule has 3 heterocycles. The maximum Gasteiger partial charge on any atom is 0.303 e. The Morgan fingerprint density at radius 2 is 1.62 bits per heavy atom. The molecule has 2 aromatic carbocycles. The third-order valence-corrected chi connectivity index (χ3v) is 9.75. The second kappa shape index (κ2) is 15.7. The number of aryl methyl sites for hydroxylation is 2. The van der Waals surface area contributed by atoms with Crippen molar-refractivity contribution >= 4 is 35.1 Å². The number of benzene rings is 2. The molecule has 2 fully saturated rings. The van der Waals surface area contributed by atoms with E-state index in [4.69, 9.17) is 9.47 Å². The number of hydrogen-bond donors (Lipinski definition) is 1. The van der Waals surface area contributed by atoms with Gasteiger partial charge in [0, 0.05) is 38.7 Å². The molecule has 2 aliphatic heterocycles. The lowest BCUT2D eigenvalue weighted by molar-refractivity contribution is -0.178. The molecule has 1 aromatic heterocycles. The summed E-state index contributed by atoms with van der Waals surface area (Å²) < 4.78 is 10.9. The topological polar surface area (TPSA) is 118 Å². The lowest BCUT2D eigenvalue weighted by Crippen LogP contribution is -2.53. The first-order valence-corrected chi connectivity index (χ1v) is 17.2. The maximum atomic E-state index is 14.1. The van der Waals surface area contributed by atoms with Crippen molar-refractivity contribution in [2.45, 2.75) is 91.1 Å². The summed E-state index contributed by atoms with van der Waals surface area (Å²) in [5, 5.41) is 5.36. The van der Waals surface area contributed by atoms with Crippen LogP contribution in [0.1, 0.15) is 84.1 Å². The molecule has 47 heavy (non-hydrogen) atoms. The number of thiazole rings is 1. The molecular weight excluding hydrogens is 616 g/mol. The molecule has 0 spiro atoms. The van der Waals surface area contributed by atoms with Gasteiger partial charge in [-0.15, -0.1) is 11.3 Å². The molecule has 1 unspecified atom stereocenters. The van der Waals surface area contributed by atoms with E-state index in [0.717, 1.165) is 50.7 Å². The summed E-state index contributed by atoms with van der Waals surface area (Å²) in [6.07, 6.45) is 1.25. The number of hydrogen-bond acceptors (Lipinski definition) is 9. The van der Waals surface area contributed by atoms with Gasteiger partial charge < -0.3 is 19.7 Å². The van der Waals surface area contributed by atoms with Crippen LogP contribution in [0.5, 0.6) is 0 Å². The Labute approximate surface area is 280 Å². The minimum Gasteiger partial charge on any atom is -0.448 e. The average molecular weight is 661 g/mol. The van der Waals surface area contributed by atoms with Crippen molar-refractivity contribution in [1.29, 1.82) is 0 Å². The largest absolute Gasteiger partial charge is 0.448 e. The molecule has 1 N–H and O–H groups in total. The molecule has 10 nitrogen and oxygen atoms in total. The second-order valence-corrected chi connectivity index (χ2v) is 13.4. The average Bonchev–Trinajstić information content (AvgIpc) is 3.82. The molecule has 0 saturated carbocycles. The normalized spacial score (nSPS) is 17.7. The van der Waals surface area contributed by atoms with Crippen LogP contribution >= 0.6 is 11.3 Å². The van der Waals surface area contributed by atoms with E-state index in [1.807, 2.05) is 23.6 Å². The Morgan fingerprint density at radius 3 is 2.32 bits per heavy atom. The summed E-state index contributed by atoms with van der Waals surface area (Å²) in [4.78, 5) is 60.9. The Kier molecular flexibility index (Phi) is 11.4. The lowest BCUT2D eigenvalue weighted by Gasteiger charge is -2.31. The first-order chi connectivity index (χ1) is 22.6. The minimum atomic E-state index is -1.67. The molecule has 0 aliphatic carbocycles. The molecule has 11 heteroatoms. The van der Waals surface area contributed by atoms with E-state index in [2.05, 4.69) is 53.3 Å². The van der Waals surface area contributed by atoms with Crippen molar-refractivity contribution in [2.75, 3.05) is 19.6 Å². The van der Waals surface area contributed by atoms with E-state index in [9.17, 15) is 19.2 Å². The molecule has 3 atom stereocenters. The third-order valence-electron chi connectivity index (χ3n) is 8.85. The van der Waals surface area contributed by atoms with Gasteiger partial charge in [0.05, 0.1) is 18.3 Å². The molecule has 2 amide bonds. The van der Waals surface area contributed by atoms with Crippen LogP contribution < -0.4 is 5.32 Å². The van der Waals surface area contributed by atoms with E-state index in [1.165, 1.54) is 53.4 Å². The molecule has 0 radical (unpaired) electrons. The Bertz CT molecular complexity index is 1580. The maximum absolute atomic E-state index is 14.1. The number of nitrogens with one attached hydrogen (secondary N) is 1. The van der Waals surface area contributed by atoms with Crippen LogP contribution in [0.25, 0.3) is 0 Å². The van der Waals surface area contributed by atoms with E-state index < -0.39 is 36.0 Å². The van der Waals surface area contributed by atoms with Gasteiger partial charge >= 0.3 is 11.9 Å². The van der Waals surface area contributed by atoms with Crippen LogP contribution in [0.4, 0.5) is 0 Å². The summed E-state index contributed by atoms with van der Waals surface area (Å²) in [6.45, 7) is 9.97. The zero-order valence-corrected chi connectivity index (χ0v) is 28.4. The van der Waals surface area contributed by atoms with Gasteiger partial charge in [-0.2, -0.15) is 0 Å². The van der Waals surface area contributed by atoms with Gasteiger partial charge in [-0.3, -0.25) is 24.1 Å². The summed E-state index contributed by atoms with van der Waals surface area (Å²) in [5.74, 6) is -2.84. The van der Waals surface area contributed by atoms with Crippen molar-refractivity contribution in [3.63, 3.8) is 0 Å². The standard InChI is InChI=1S/C36H44N4O6S/c1-23-10-7-11-24(2)30(23)19-29-22-47-32(38-29)20-37-35(43)33(45-25(3)41)34(46-26(4)42)36(44)40-17-9-14-31(40)28-13-8-12-27(18-28)21-39-15-5-6-16-39/h7-8,10-13,18,22,31,33-34H,5-6,9,14-17,19-21H2,1-4H3,(H,37,43)/t31?,33-,34-/m1/s1. The third kappa shape index (κ3) is 8.84. The van der Waals surface area contributed by atoms with Gasteiger partial charge in [0.15, 0.2) is 0 Å². The number of nitrogens with zero attached hydrogens (tertiary/aromatic N) is 3. The Hall–Kier alpha value is -4.09. The molecule has 2 aliphatic rings. The monoisotopic (exact) mass is 660 g/mol. The van der Waals surface area contributed by atoms with E-state index in [0.29, 0.717) is 18.0 Å². The van der Waals surface area contributed by atoms with Crippen LogP contribution in [0, 0.1) is 13.8 Å². The zero-order valence-electron chi connectivity index (χ0n) is 27.6. The van der Waals surface area contributed by atoms with Gasteiger partial charge in [-0.05, 0) is 80.4 Å². The highest BCUT2D eigenvalue weighted by Crippen LogP contribution is 2.34. The summed E-state index contributed by atoms with van der Waals surface area (Å²) in [7, 11) is 0. The van der Waals surface area contributed by atoms with Gasteiger partial charge in [-0.25, -0.2) is 4.98 Å². The predicted octanol–water partition coefficient (Wildman–Crippen LogP) is 4.79. The van der Waals surface area contributed by atoms with Crippen molar-refractivity contribution in [3.8, 4) is 0 Å². The number of rotatable bonds is 12. The first kappa shape index (κ1) is 34.3. The number of carbonyl (C=O) groups is 4. The molecule has 5 rings (SSSR count). The summed E-state index contributed by atoms with van der Waals surface area (Å²) in [5.41, 5.74) is 6.64. The van der Waals surface area contributed by atoms with Crippen LogP contribution in [0.2, 0.25) is 0 Å². The Morgan fingerprint density at radius 1 is 0.936 bits per heavy atom. The van der Waals surface area contributed by atoms with Crippen LogP contribution in [-0.4, -0.2) is 70.4 Å². The van der Waals surface area contributed by atoms with Crippen molar-refractivity contribution < 1.29 is 28.7 Å². The number of amides is 2. The minimum absolute atomic E-state index is 0.0607. The highest BCUT2D eigenvalue weighted by molar-refractivity contribution is 7.09.